The van der Waals surface area contributed by atoms with Gasteiger partial charge in [-0.1, -0.05) is 5.16 Å². The van der Waals surface area contributed by atoms with E-state index in [4.69, 9.17) is 15.0 Å². The fourth-order valence-corrected chi connectivity index (χ4v) is 2.43. The van der Waals surface area contributed by atoms with Gasteiger partial charge in [-0.3, -0.25) is 0 Å². The number of rotatable bonds is 6. The second kappa shape index (κ2) is 5.77. The van der Waals surface area contributed by atoms with Crippen molar-refractivity contribution in [2.24, 2.45) is 5.73 Å². The van der Waals surface area contributed by atoms with Gasteiger partial charge in [0.15, 0.2) is 0 Å². The zero-order chi connectivity index (χ0) is 13.9. The molecule has 0 radical (unpaired) electrons. The van der Waals surface area contributed by atoms with Crippen LogP contribution < -0.4 is 5.73 Å². The fraction of sp³-hybridized carbons (Fsp3) is 0.583. The molecule has 0 aliphatic rings. The lowest BCUT2D eigenvalue weighted by atomic mass is 10.1. The molecule has 0 unspecified atom stereocenters. The minimum atomic E-state index is -0.563. The van der Waals surface area contributed by atoms with Crippen molar-refractivity contribution in [3.63, 3.8) is 0 Å². The molecule has 19 heavy (non-hydrogen) atoms. The van der Waals surface area contributed by atoms with E-state index in [9.17, 15) is 0 Å². The van der Waals surface area contributed by atoms with Crippen molar-refractivity contribution in [3.05, 3.63) is 16.2 Å². The third-order valence-corrected chi connectivity index (χ3v) is 3.51. The number of nitrogens with two attached hydrogens (primary N) is 1. The van der Waals surface area contributed by atoms with E-state index in [1.807, 2.05) is 26.2 Å². The highest BCUT2D eigenvalue weighted by atomic mass is 32.1. The summed E-state index contributed by atoms with van der Waals surface area (Å²) in [6.07, 6.45) is 0.760. The molecule has 2 aromatic rings. The lowest BCUT2D eigenvalue weighted by Gasteiger charge is -2.19. The molecule has 0 bridgehead atoms. The Morgan fingerprint density at radius 2 is 2.21 bits per heavy atom. The molecule has 0 amide bonds. The van der Waals surface area contributed by atoms with Crippen LogP contribution in [0.3, 0.4) is 0 Å². The highest BCUT2D eigenvalue weighted by Crippen LogP contribution is 2.26. The SMILES string of the molecule is CCOC(C)(C)c1noc(-c2csc(CCN)n2)n1. The van der Waals surface area contributed by atoms with Crippen LogP contribution in [0.1, 0.15) is 31.6 Å². The van der Waals surface area contributed by atoms with Crippen molar-refractivity contribution < 1.29 is 9.26 Å². The van der Waals surface area contributed by atoms with Gasteiger partial charge in [-0.25, -0.2) is 4.98 Å². The zero-order valence-corrected chi connectivity index (χ0v) is 12.2. The molecule has 0 aromatic carbocycles. The maximum absolute atomic E-state index is 5.59. The average Bonchev–Trinajstić information content (AvgIpc) is 2.96. The summed E-state index contributed by atoms with van der Waals surface area (Å²) in [6.45, 7) is 6.92. The van der Waals surface area contributed by atoms with E-state index in [0.717, 1.165) is 11.4 Å². The van der Waals surface area contributed by atoms with Crippen molar-refractivity contribution in [3.8, 4) is 11.6 Å². The molecule has 2 N–H and O–H groups in total. The van der Waals surface area contributed by atoms with E-state index >= 15 is 0 Å². The van der Waals surface area contributed by atoms with Gasteiger partial charge in [-0.15, -0.1) is 11.3 Å². The summed E-state index contributed by atoms with van der Waals surface area (Å²) >= 11 is 1.55. The van der Waals surface area contributed by atoms with Gasteiger partial charge in [0.2, 0.25) is 5.82 Å². The van der Waals surface area contributed by atoms with Crippen LogP contribution in [0.25, 0.3) is 11.6 Å². The fourth-order valence-electron chi connectivity index (χ4n) is 1.64. The summed E-state index contributed by atoms with van der Waals surface area (Å²) in [4.78, 5) is 8.77. The molecule has 2 heterocycles. The molecular weight excluding hydrogens is 264 g/mol. The summed E-state index contributed by atoms with van der Waals surface area (Å²) in [5.41, 5.74) is 5.63. The third kappa shape index (κ3) is 3.17. The van der Waals surface area contributed by atoms with E-state index < -0.39 is 5.60 Å². The van der Waals surface area contributed by atoms with Gasteiger partial charge in [0.05, 0.1) is 5.01 Å². The lowest BCUT2D eigenvalue weighted by Crippen LogP contribution is -2.23. The van der Waals surface area contributed by atoms with Crippen LogP contribution in [0.15, 0.2) is 9.90 Å². The molecule has 0 atom stereocenters. The summed E-state index contributed by atoms with van der Waals surface area (Å²) in [5.74, 6) is 0.944. The first kappa shape index (κ1) is 14.1. The van der Waals surface area contributed by atoms with E-state index in [1.54, 1.807) is 11.3 Å². The van der Waals surface area contributed by atoms with Gasteiger partial charge < -0.3 is 15.0 Å². The van der Waals surface area contributed by atoms with E-state index in [-0.39, 0.29) is 0 Å². The largest absolute Gasteiger partial charge is 0.368 e. The quantitative estimate of drug-likeness (QED) is 0.871. The number of ether oxygens (including phenoxy) is 1. The van der Waals surface area contributed by atoms with Gasteiger partial charge in [0.1, 0.15) is 11.3 Å². The third-order valence-electron chi connectivity index (χ3n) is 2.60. The van der Waals surface area contributed by atoms with Crippen LogP contribution in [-0.2, 0) is 16.8 Å². The van der Waals surface area contributed by atoms with Crippen LogP contribution in [-0.4, -0.2) is 28.3 Å². The maximum Gasteiger partial charge on any atom is 0.277 e. The Balaban J connectivity index is 2.20. The van der Waals surface area contributed by atoms with Crippen LogP contribution in [0.5, 0.6) is 0 Å². The molecule has 6 nitrogen and oxygen atoms in total. The zero-order valence-electron chi connectivity index (χ0n) is 11.3. The normalized spacial score (nSPS) is 12.0. The number of hydrogen-bond donors (Lipinski definition) is 1. The Kier molecular flexibility index (Phi) is 4.28. The molecule has 2 rings (SSSR count). The van der Waals surface area contributed by atoms with Gasteiger partial charge in [0.25, 0.3) is 5.89 Å². The van der Waals surface area contributed by atoms with Gasteiger partial charge in [-0.2, -0.15) is 4.98 Å². The van der Waals surface area contributed by atoms with Gasteiger partial charge in [-0.05, 0) is 27.3 Å². The summed E-state index contributed by atoms with van der Waals surface area (Å²) in [7, 11) is 0. The lowest BCUT2D eigenvalue weighted by molar-refractivity contribution is -0.0221. The molecule has 0 fully saturated rings. The smallest absolute Gasteiger partial charge is 0.277 e. The van der Waals surface area contributed by atoms with Crippen molar-refractivity contribution in [2.45, 2.75) is 32.8 Å². The molecule has 2 aromatic heterocycles. The van der Waals surface area contributed by atoms with Crippen LogP contribution in [0, 0.1) is 0 Å². The first-order chi connectivity index (χ1) is 9.06. The monoisotopic (exact) mass is 282 g/mol. The second-order valence-corrected chi connectivity index (χ2v) is 5.47. The van der Waals surface area contributed by atoms with Crippen molar-refractivity contribution >= 4 is 11.3 Å². The average molecular weight is 282 g/mol. The topological polar surface area (TPSA) is 87.1 Å². The highest BCUT2D eigenvalue weighted by molar-refractivity contribution is 7.09. The first-order valence-electron chi connectivity index (χ1n) is 6.19. The predicted octanol–water partition coefficient (Wildman–Crippen LogP) is 1.97. The van der Waals surface area contributed by atoms with Crippen molar-refractivity contribution in [1.29, 1.82) is 0 Å². The Labute approximate surface area is 116 Å². The van der Waals surface area contributed by atoms with Gasteiger partial charge >= 0.3 is 0 Å². The van der Waals surface area contributed by atoms with Gasteiger partial charge in [0, 0.05) is 18.4 Å². The van der Waals surface area contributed by atoms with Crippen LogP contribution in [0.4, 0.5) is 0 Å². The minimum absolute atomic E-state index is 0.419. The standard InChI is InChI=1S/C12H18N4O2S/c1-4-17-12(2,3)11-15-10(18-16-11)8-7-19-9(14-8)5-6-13/h7H,4-6,13H2,1-3H3. The molecule has 0 aliphatic heterocycles. The van der Waals surface area contributed by atoms with E-state index in [1.165, 1.54) is 0 Å². The molecular formula is C12H18N4O2S. The highest BCUT2D eigenvalue weighted by Gasteiger charge is 2.27. The van der Waals surface area contributed by atoms with Crippen molar-refractivity contribution in [2.75, 3.05) is 13.2 Å². The van der Waals surface area contributed by atoms with Crippen LogP contribution in [0.2, 0.25) is 0 Å². The molecule has 7 heteroatoms. The molecule has 0 saturated heterocycles. The van der Waals surface area contributed by atoms with Crippen molar-refractivity contribution in [1.82, 2.24) is 15.1 Å². The van der Waals surface area contributed by atoms with E-state index in [2.05, 4.69) is 15.1 Å². The Bertz CT molecular complexity index is 535. The molecule has 0 saturated carbocycles. The summed E-state index contributed by atoms with van der Waals surface area (Å²) in [5, 5.41) is 6.84. The Morgan fingerprint density at radius 1 is 1.42 bits per heavy atom. The summed E-state index contributed by atoms with van der Waals surface area (Å²) < 4.78 is 10.8. The molecule has 0 aliphatic carbocycles. The number of nitrogens with zero attached hydrogens (tertiary/aromatic N) is 3. The maximum atomic E-state index is 5.59. The summed E-state index contributed by atoms with van der Waals surface area (Å²) in [6, 6.07) is 0. The Hall–Kier alpha value is -1.31. The van der Waals surface area contributed by atoms with E-state index in [0.29, 0.717) is 30.6 Å². The molecule has 104 valence electrons. The second-order valence-electron chi connectivity index (χ2n) is 4.53. The molecule has 0 spiro atoms. The number of aromatic nitrogens is 3. The Morgan fingerprint density at radius 3 is 2.89 bits per heavy atom. The predicted molar refractivity (Wildman–Crippen MR) is 72.8 cm³/mol. The number of thiazole rings is 1. The first-order valence-corrected chi connectivity index (χ1v) is 7.07. The number of hydrogen-bond acceptors (Lipinski definition) is 7. The minimum Gasteiger partial charge on any atom is -0.368 e. The van der Waals surface area contributed by atoms with Crippen LogP contribution >= 0.6 is 11.3 Å².